The van der Waals surface area contributed by atoms with E-state index in [1.165, 1.54) is 6.42 Å². The average Bonchev–Trinajstić information content (AvgIpc) is 2.91. The Morgan fingerprint density at radius 1 is 1.33 bits per heavy atom. The van der Waals surface area contributed by atoms with Crippen molar-refractivity contribution in [3.8, 4) is 0 Å². The number of hydrogen-bond acceptors (Lipinski definition) is 6. The molecule has 114 valence electrons. The van der Waals surface area contributed by atoms with Crippen molar-refractivity contribution in [1.82, 2.24) is 19.5 Å². The minimum Gasteiger partial charge on any atom is -0.361 e. The normalized spacial score (nSPS) is 19.0. The molecule has 1 aliphatic rings. The monoisotopic (exact) mass is 291 g/mol. The molecule has 3 heterocycles. The van der Waals surface area contributed by atoms with Crippen molar-refractivity contribution in [3.05, 3.63) is 12.7 Å². The number of aromatic nitrogens is 4. The van der Waals surface area contributed by atoms with Gasteiger partial charge in [-0.25, -0.2) is 15.0 Å². The van der Waals surface area contributed by atoms with Gasteiger partial charge in [0.05, 0.1) is 12.9 Å². The molecule has 1 saturated heterocycles. The van der Waals surface area contributed by atoms with Crippen LogP contribution in [0.2, 0.25) is 0 Å². The summed E-state index contributed by atoms with van der Waals surface area (Å²) in [6.45, 7) is 2.11. The third-order valence-corrected chi connectivity index (χ3v) is 3.58. The molecule has 7 nitrogen and oxygen atoms in total. The highest BCUT2D eigenvalue weighted by molar-refractivity contribution is 5.82. The molecule has 0 saturated carbocycles. The van der Waals surface area contributed by atoms with E-state index in [9.17, 15) is 0 Å². The van der Waals surface area contributed by atoms with Gasteiger partial charge >= 0.3 is 0 Å². The molecule has 2 aromatic rings. The molecule has 0 bridgehead atoms. The van der Waals surface area contributed by atoms with Crippen LogP contribution in [0.15, 0.2) is 12.7 Å². The summed E-state index contributed by atoms with van der Waals surface area (Å²) in [5.41, 5.74) is 1.65. The zero-order valence-electron chi connectivity index (χ0n) is 12.5. The third-order valence-electron chi connectivity index (χ3n) is 3.58. The summed E-state index contributed by atoms with van der Waals surface area (Å²) in [5.74, 6) is 0.829. The van der Waals surface area contributed by atoms with Gasteiger partial charge in [0.25, 0.3) is 0 Å². The van der Waals surface area contributed by atoms with E-state index in [1.54, 1.807) is 12.7 Å². The van der Waals surface area contributed by atoms with Gasteiger partial charge < -0.3 is 18.9 Å². The fourth-order valence-corrected chi connectivity index (χ4v) is 2.48. The zero-order valence-corrected chi connectivity index (χ0v) is 12.5. The number of ether oxygens (including phenoxy) is 2. The molecule has 0 aromatic carbocycles. The number of rotatable bonds is 5. The fourth-order valence-electron chi connectivity index (χ4n) is 2.48. The summed E-state index contributed by atoms with van der Waals surface area (Å²) in [4.78, 5) is 14.9. The van der Waals surface area contributed by atoms with Crippen LogP contribution in [0.5, 0.6) is 0 Å². The summed E-state index contributed by atoms with van der Waals surface area (Å²) >= 11 is 0. The molecule has 1 aliphatic heterocycles. The maximum Gasteiger partial charge on any atom is 0.165 e. The van der Waals surface area contributed by atoms with Crippen LogP contribution in [0, 0.1) is 0 Å². The molecule has 0 N–H and O–H groups in total. The largest absolute Gasteiger partial charge is 0.361 e. The van der Waals surface area contributed by atoms with Crippen molar-refractivity contribution in [2.24, 2.45) is 0 Å². The molecule has 3 rings (SSSR count). The number of imidazole rings is 1. The molecule has 7 heteroatoms. The van der Waals surface area contributed by atoms with Crippen molar-refractivity contribution >= 4 is 17.0 Å². The SMILES string of the molecule is CN(C)c1ncnc2c1ncn2CCOC1CCCCO1. The minimum absolute atomic E-state index is 0.0551. The second-order valence-electron chi connectivity index (χ2n) is 5.37. The van der Waals surface area contributed by atoms with Crippen molar-refractivity contribution in [2.45, 2.75) is 32.1 Å². The first-order valence-corrected chi connectivity index (χ1v) is 7.32. The predicted molar refractivity (Wildman–Crippen MR) is 79.2 cm³/mol. The molecule has 21 heavy (non-hydrogen) atoms. The topological polar surface area (TPSA) is 65.3 Å². The van der Waals surface area contributed by atoms with Gasteiger partial charge in [0.2, 0.25) is 0 Å². The molecule has 1 fully saturated rings. The van der Waals surface area contributed by atoms with E-state index in [0.717, 1.165) is 36.4 Å². The van der Waals surface area contributed by atoms with Gasteiger partial charge in [-0.05, 0) is 19.3 Å². The molecular formula is C14H21N5O2. The van der Waals surface area contributed by atoms with Crippen molar-refractivity contribution in [2.75, 3.05) is 32.2 Å². The Bertz CT molecular complexity index is 592. The summed E-state index contributed by atoms with van der Waals surface area (Å²) in [6.07, 6.45) is 6.60. The molecule has 0 aliphatic carbocycles. The molecule has 1 atom stereocenters. The lowest BCUT2D eigenvalue weighted by molar-refractivity contribution is -0.163. The highest BCUT2D eigenvalue weighted by Crippen LogP contribution is 2.19. The van der Waals surface area contributed by atoms with E-state index in [2.05, 4.69) is 15.0 Å². The van der Waals surface area contributed by atoms with Gasteiger partial charge in [-0.2, -0.15) is 0 Å². The third kappa shape index (κ3) is 3.14. The standard InChI is InChI=1S/C14H21N5O2/c1-18(2)13-12-14(16-9-15-13)19(10-17-12)6-8-21-11-5-3-4-7-20-11/h9-11H,3-8H2,1-2H3. The Kier molecular flexibility index (Phi) is 4.31. The van der Waals surface area contributed by atoms with Gasteiger partial charge in [-0.1, -0.05) is 0 Å². The Balaban J connectivity index is 1.65. The molecule has 0 radical (unpaired) electrons. The van der Waals surface area contributed by atoms with E-state index >= 15 is 0 Å². The first kappa shape index (κ1) is 14.2. The van der Waals surface area contributed by atoms with Crippen LogP contribution in [-0.2, 0) is 16.0 Å². The van der Waals surface area contributed by atoms with Crippen LogP contribution < -0.4 is 4.90 Å². The second-order valence-corrected chi connectivity index (χ2v) is 5.37. The molecule has 1 unspecified atom stereocenters. The van der Waals surface area contributed by atoms with E-state index in [4.69, 9.17) is 9.47 Å². The van der Waals surface area contributed by atoms with Crippen LogP contribution in [0.4, 0.5) is 5.82 Å². The number of nitrogens with zero attached hydrogens (tertiary/aromatic N) is 5. The summed E-state index contributed by atoms with van der Waals surface area (Å²) < 4.78 is 13.3. The average molecular weight is 291 g/mol. The lowest BCUT2D eigenvalue weighted by Gasteiger charge is -2.22. The summed E-state index contributed by atoms with van der Waals surface area (Å²) in [7, 11) is 3.90. The molecule has 0 amide bonds. The molecule has 0 spiro atoms. The van der Waals surface area contributed by atoms with Crippen LogP contribution in [0.3, 0.4) is 0 Å². The lowest BCUT2D eigenvalue weighted by atomic mass is 10.2. The molecular weight excluding hydrogens is 270 g/mol. The highest BCUT2D eigenvalue weighted by atomic mass is 16.7. The maximum atomic E-state index is 5.76. The molecule has 2 aromatic heterocycles. The van der Waals surface area contributed by atoms with E-state index in [1.807, 2.05) is 23.6 Å². The number of anilines is 1. The Hall–Kier alpha value is -1.73. The van der Waals surface area contributed by atoms with Gasteiger partial charge in [0.15, 0.2) is 23.3 Å². The second kappa shape index (κ2) is 6.36. The first-order valence-electron chi connectivity index (χ1n) is 7.32. The number of hydrogen-bond donors (Lipinski definition) is 0. The van der Waals surface area contributed by atoms with Gasteiger partial charge in [-0.3, -0.25) is 0 Å². The van der Waals surface area contributed by atoms with Crippen molar-refractivity contribution in [3.63, 3.8) is 0 Å². The number of fused-ring (bicyclic) bond motifs is 1. The van der Waals surface area contributed by atoms with E-state index in [0.29, 0.717) is 13.2 Å². The smallest absolute Gasteiger partial charge is 0.165 e. The predicted octanol–water partition coefficient (Wildman–Crippen LogP) is 1.44. The van der Waals surface area contributed by atoms with E-state index in [-0.39, 0.29) is 6.29 Å². The lowest BCUT2D eigenvalue weighted by Crippen LogP contribution is -2.23. The summed E-state index contributed by atoms with van der Waals surface area (Å²) in [5, 5.41) is 0. The van der Waals surface area contributed by atoms with Crippen LogP contribution in [-0.4, -0.2) is 53.1 Å². The van der Waals surface area contributed by atoms with Crippen LogP contribution in [0.25, 0.3) is 11.2 Å². The van der Waals surface area contributed by atoms with Crippen LogP contribution in [0.1, 0.15) is 19.3 Å². The highest BCUT2D eigenvalue weighted by Gasteiger charge is 2.15. The van der Waals surface area contributed by atoms with Gasteiger partial charge in [0, 0.05) is 27.2 Å². The fraction of sp³-hybridized carbons (Fsp3) is 0.643. The van der Waals surface area contributed by atoms with Crippen LogP contribution >= 0.6 is 0 Å². The Morgan fingerprint density at radius 3 is 3.00 bits per heavy atom. The Labute approximate surface area is 123 Å². The minimum atomic E-state index is -0.0551. The zero-order chi connectivity index (χ0) is 14.7. The maximum absolute atomic E-state index is 5.76. The van der Waals surface area contributed by atoms with E-state index < -0.39 is 0 Å². The van der Waals surface area contributed by atoms with Gasteiger partial charge in [0.1, 0.15) is 6.33 Å². The first-order chi connectivity index (χ1) is 10.3. The summed E-state index contributed by atoms with van der Waals surface area (Å²) in [6, 6.07) is 0. The van der Waals surface area contributed by atoms with Gasteiger partial charge in [-0.15, -0.1) is 0 Å². The van der Waals surface area contributed by atoms with Crippen molar-refractivity contribution < 1.29 is 9.47 Å². The quantitative estimate of drug-likeness (QED) is 0.830. The van der Waals surface area contributed by atoms with Crippen molar-refractivity contribution in [1.29, 1.82) is 0 Å². The Morgan fingerprint density at radius 2 is 2.24 bits per heavy atom.